The number of hydroxylamine groups is 2. The van der Waals surface area contributed by atoms with Gasteiger partial charge in [0.05, 0.1) is 0 Å². The molecule has 0 spiro atoms. The molecule has 5 N–H and O–H groups in total. The molecule has 5 rings (SSSR count). The first-order valence-electron chi connectivity index (χ1n) is 14.5. The van der Waals surface area contributed by atoms with E-state index in [9.17, 15) is 28.8 Å². The molecule has 2 aliphatic rings. The van der Waals surface area contributed by atoms with Crippen LogP contribution in [0.2, 0.25) is 0 Å². The van der Waals surface area contributed by atoms with Crippen LogP contribution in [0.3, 0.4) is 0 Å². The molecule has 13 nitrogen and oxygen atoms in total. The zero-order valence-electron chi connectivity index (χ0n) is 25.1. The topological polar surface area (TPSA) is 202 Å². The molecule has 3 aromatic rings. The van der Waals surface area contributed by atoms with E-state index < -0.39 is 29.5 Å². The van der Waals surface area contributed by atoms with Crippen molar-refractivity contribution < 1.29 is 53.7 Å². The summed E-state index contributed by atoms with van der Waals surface area (Å²) in [5, 5.41) is 49.4. The van der Waals surface area contributed by atoms with Crippen LogP contribution in [0.4, 0.5) is 4.39 Å². The van der Waals surface area contributed by atoms with Crippen molar-refractivity contribution in [1.82, 2.24) is 15.1 Å². The summed E-state index contributed by atoms with van der Waals surface area (Å²) >= 11 is 0. The summed E-state index contributed by atoms with van der Waals surface area (Å²) in [6.07, 6.45) is 7.62. The second kappa shape index (κ2) is 16.4. The summed E-state index contributed by atoms with van der Waals surface area (Å²) in [5.74, 6) is -5.52. The van der Waals surface area contributed by atoms with Gasteiger partial charge in [-0.05, 0) is 42.5 Å². The van der Waals surface area contributed by atoms with E-state index in [0.717, 1.165) is 55.4 Å². The van der Waals surface area contributed by atoms with Gasteiger partial charge in [-0.15, -0.1) is 0 Å². The number of carbonyl (C=O) groups is 4. The van der Waals surface area contributed by atoms with Crippen molar-refractivity contribution >= 4 is 34.8 Å². The number of halogens is 1. The van der Waals surface area contributed by atoms with Gasteiger partial charge in [0.25, 0.3) is 0 Å². The highest BCUT2D eigenvalue weighted by molar-refractivity contribution is 5.90. The Hall–Kier alpha value is -4.92. The normalized spacial score (nSPS) is 19.9. The van der Waals surface area contributed by atoms with Crippen LogP contribution in [0.25, 0.3) is 11.0 Å². The Bertz CT molecular complexity index is 1530. The van der Waals surface area contributed by atoms with Gasteiger partial charge in [0.15, 0.2) is 5.58 Å². The molecule has 46 heavy (non-hydrogen) atoms. The summed E-state index contributed by atoms with van der Waals surface area (Å²) in [6, 6.07) is 12.9. The molecule has 3 heterocycles. The Kier molecular flexibility index (Phi) is 12.7. The minimum absolute atomic E-state index is 0.146. The van der Waals surface area contributed by atoms with Crippen LogP contribution in [0.1, 0.15) is 61.8 Å². The van der Waals surface area contributed by atoms with Crippen LogP contribution in [-0.4, -0.2) is 84.3 Å². The molecular formula is C32H36FN3O10. The smallest absolute Gasteiger partial charge is 0.328 e. The molecule has 1 fully saturated rings. The maximum atomic E-state index is 13.6. The highest BCUT2D eigenvalue weighted by Gasteiger charge is 2.49. The minimum atomic E-state index is -1.26. The van der Waals surface area contributed by atoms with Gasteiger partial charge in [-0.25, -0.2) is 23.6 Å². The van der Waals surface area contributed by atoms with E-state index in [0.29, 0.717) is 36.4 Å². The number of fused-ring (bicyclic) bond motifs is 2. The third kappa shape index (κ3) is 8.84. The number of benzene rings is 2. The molecule has 14 heteroatoms. The molecule has 246 valence electrons. The summed E-state index contributed by atoms with van der Waals surface area (Å²) in [7, 11) is 0. The Balaban J connectivity index is 0.000000299. The van der Waals surface area contributed by atoms with Crippen LogP contribution in [-0.2, 0) is 24.8 Å². The quantitative estimate of drug-likeness (QED) is 0.213. The van der Waals surface area contributed by atoms with Gasteiger partial charge in [-0.2, -0.15) is 5.06 Å². The number of aromatic nitrogens is 1. The zero-order valence-corrected chi connectivity index (χ0v) is 25.1. The first-order chi connectivity index (χ1) is 21.9. The highest BCUT2D eigenvalue weighted by atomic mass is 19.1. The van der Waals surface area contributed by atoms with Crippen molar-refractivity contribution in [2.45, 2.75) is 50.6 Å². The molecule has 0 radical (unpaired) electrons. The predicted octanol–water partition coefficient (Wildman–Crippen LogP) is 4.67. The van der Waals surface area contributed by atoms with Crippen LogP contribution in [0.15, 0.2) is 71.3 Å². The SMILES string of the molecule is CCCC1(N2CCCCC2)c2ccccc2C(c2noc3cc(F)ccc23)CN1O.O=C(O)/C=C/C(=O)O.O=C(O)/C=C/C(=O)O. The second-order valence-corrected chi connectivity index (χ2v) is 10.6. The number of rotatable bonds is 8. The van der Waals surface area contributed by atoms with Gasteiger partial charge in [0.2, 0.25) is 0 Å². The minimum Gasteiger partial charge on any atom is -0.478 e. The van der Waals surface area contributed by atoms with E-state index in [4.69, 9.17) is 24.9 Å². The van der Waals surface area contributed by atoms with Crippen molar-refractivity contribution in [2.75, 3.05) is 19.6 Å². The van der Waals surface area contributed by atoms with Crippen molar-refractivity contribution in [3.63, 3.8) is 0 Å². The molecule has 2 atom stereocenters. The number of hydrogen-bond donors (Lipinski definition) is 5. The lowest BCUT2D eigenvalue weighted by Crippen LogP contribution is -2.61. The fraction of sp³-hybridized carbons (Fsp3) is 0.344. The van der Waals surface area contributed by atoms with Gasteiger partial charge in [-0.1, -0.05) is 49.2 Å². The van der Waals surface area contributed by atoms with Gasteiger partial charge in [0, 0.05) is 61.3 Å². The molecule has 2 unspecified atom stereocenters. The number of aliphatic carboxylic acids is 4. The summed E-state index contributed by atoms with van der Waals surface area (Å²) in [6.45, 7) is 4.57. The molecule has 0 saturated carbocycles. The van der Waals surface area contributed by atoms with E-state index in [1.165, 1.54) is 24.1 Å². The van der Waals surface area contributed by atoms with Crippen molar-refractivity contribution in [1.29, 1.82) is 0 Å². The van der Waals surface area contributed by atoms with Gasteiger partial charge < -0.3 is 30.2 Å². The maximum absolute atomic E-state index is 13.6. The lowest BCUT2D eigenvalue weighted by molar-refractivity contribution is -0.251. The summed E-state index contributed by atoms with van der Waals surface area (Å²) in [5.41, 5.74) is 2.98. The largest absolute Gasteiger partial charge is 0.478 e. The van der Waals surface area contributed by atoms with E-state index in [1.54, 1.807) is 11.1 Å². The summed E-state index contributed by atoms with van der Waals surface area (Å²) in [4.78, 5) is 40.7. The molecule has 0 amide bonds. The van der Waals surface area contributed by atoms with Gasteiger partial charge in [-0.3, -0.25) is 4.90 Å². The van der Waals surface area contributed by atoms with Crippen LogP contribution in [0, 0.1) is 5.82 Å². The Morgan fingerprint density at radius 3 is 2.02 bits per heavy atom. The Labute approximate surface area is 263 Å². The molecule has 2 aliphatic heterocycles. The van der Waals surface area contributed by atoms with E-state index >= 15 is 0 Å². The predicted molar refractivity (Wildman–Crippen MR) is 162 cm³/mol. The lowest BCUT2D eigenvalue weighted by atomic mass is 9.77. The first kappa shape index (κ1) is 35.6. The van der Waals surface area contributed by atoms with Gasteiger partial charge in [0.1, 0.15) is 17.2 Å². The number of carboxylic acid groups (broad SMARTS) is 4. The molecule has 0 aliphatic carbocycles. The van der Waals surface area contributed by atoms with Gasteiger partial charge >= 0.3 is 23.9 Å². The average molecular weight is 642 g/mol. The van der Waals surface area contributed by atoms with E-state index in [-0.39, 0.29) is 11.7 Å². The fourth-order valence-corrected chi connectivity index (χ4v) is 5.80. The van der Waals surface area contributed by atoms with Crippen LogP contribution >= 0.6 is 0 Å². The highest BCUT2D eigenvalue weighted by Crippen LogP contribution is 2.48. The number of carboxylic acids is 4. The second-order valence-electron chi connectivity index (χ2n) is 10.6. The Morgan fingerprint density at radius 1 is 0.913 bits per heavy atom. The molecular weight excluding hydrogens is 605 g/mol. The third-order valence-electron chi connectivity index (χ3n) is 7.56. The number of piperidine rings is 1. The molecule has 1 aromatic heterocycles. The fourth-order valence-electron chi connectivity index (χ4n) is 5.80. The number of hydrogen-bond acceptors (Lipinski definition) is 9. The van der Waals surface area contributed by atoms with Crippen molar-refractivity contribution in [3.05, 3.63) is 89.4 Å². The van der Waals surface area contributed by atoms with Crippen molar-refractivity contribution in [3.8, 4) is 0 Å². The number of nitrogens with zero attached hydrogens (tertiary/aromatic N) is 3. The van der Waals surface area contributed by atoms with E-state index in [2.05, 4.69) is 35.2 Å². The first-order valence-corrected chi connectivity index (χ1v) is 14.5. The summed E-state index contributed by atoms with van der Waals surface area (Å²) < 4.78 is 19.1. The zero-order chi connectivity index (χ0) is 33.9. The Morgan fingerprint density at radius 2 is 1.48 bits per heavy atom. The lowest BCUT2D eigenvalue weighted by Gasteiger charge is -2.54. The number of likely N-dealkylation sites (tertiary alicyclic amines) is 1. The van der Waals surface area contributed by atoms with Crippen LogP contribution < -0.4 is 0 Å². The molecule has 2 aromatic carbocycles. The van der Waals surface area contributed by atoms with Crippen molar-refractivity contribution in [2.24, 2.45) is 0 Å². The monoisotopic (exact) mass is 641 g/mol. The third-order valence-corrected chi connectivity index (χ3v) is 7.56. The molecule has 1 saturated heterocycles. The van der Waals surface area contributed by atoms with Crippen LogP contribution in [0.5, 0.6) is 0 Å². The average Bonchev–Trinajstić information content (AvgIpc) is 3.44. The molecule has 0 bridgehead atoms. The standard InChI is InChI=1S/C24H28FN3O2.2C4H4O4/c1-2-12-24(27-13-6-3-7-14-27)21-9-5-4-8-18(21)20(16-28(24)29)23-19-11-10-17(25)15-22(19)30-26-23;2*5-3(6)1-2-4(7)8/h4-5,8-11,15,20,29H,2-3,6-7,12-14,16H2,1H3;2*1-2H,(H,5,6)(H,7,8)/b;2*2-1+. The maximum Gasteiger partial charge on any atom is 0.328 e. The van der Waals surface area contributed by atoms with E-state index in [1.807, 2.05) is 6.07 Å².